The Hall–Kier alpha value is -0.970. The quantitative estimate of drug-likeness (QED) is 0.879. The number of methoxy groups -OCH3 is 1. The summed E-state index contributed by atoms with van der Waals surface area (Å²) in [5, 5.41) is 3.34. The Balaban J connectivity index is 0.00000162. The summed E-state index contributed by atoms with van der Waals surface area (Å²) >= 11 is 0. The van der Waals surface area contributed by atoms with Crippen LogP contribution in [0.25, 0.3) is 0 Å². The lowest BCUT2D eigenvalue weighted by molar-refractivity contribution is 0.191. The van der Waals surface area contributed by atoms with E-state index in [0.29, 0.717) is 0 Å². The molecule has 18 heavy (non-hydrogen) atoms. The summed E-state index contributed by atoms with van der Waals surface area (Å²) in [6, 6.07) is 7.72. The molecule has 1 N–H and O–H groups in total. The molecule has 1 aliphatic heterocycles. The van der Waals surface area contributed by atoms with Crippen LogP contribution in [0.3, 0.4) is 0 Å². The van der Waals surface area contributed by atoms with Gasteiger partial charge in [0.1, 0.15) is 18.1 Å². The second-order valence-electron chi connectivity index (χ2n) is 4.12. The molecule has 1 aromatic carbocycles. The molecule has 0 unspecified atom stereocenters. The number of benzene rings is 1. The van der Waals surface area contributed by atoms with Gasteiger partial charge in [-0.1, -0.05) is 0 Å². The van der Waals surface area contributed by atoms with E-state index in [1.165, 1.54) is 0 Å². The Morgan fingerprint density at radius 1 is 1.11 bits per heavy atom. The highest BCUT2D eigenvalue weighted by Crippen LogP contribution is 2.16. The molecule has 5 heteroatoms. The number of hydrogen-bond donors (Lipinski definition) is 1. The van der Waals surface area contributed by atoms with E-state index in [1.54, 1.807) is 7.11 Å². The summed E-state index contributed by atoms with van der Waals surface area (Å²) in [6.07, 6.45) is 0. The summed E-state index contributed by atoms with van der Waals surface area (Å²) < 4.78 is 10.8. The van der Waals surface area contributed by atoms with Gasteiger partial charge in [0.05, 0.1) is 7.11 Å². The molecule has 0 aromatic heterocycles. The molecule has 4 nitrogen and oxygen atoms in total. The van der Waals surface area contributed by atoms with Crippen molar-refractivity contribution in [1.82, 2.24) is 10.2 Å². The topological polar surface area (TPSA) is 33.7 Å². The predicted molar refractivity (Wildman–Crippen MR) is 75.0 cm³/mol. The van der Waals surface area contributed by atoms with Gasteiger partial charge in [-0.3, -0.25) is 4.90 Å². The second-order valence-corrected chi connectivity index (χ2v) is 4.12. The van der Waals surface area contributed by atoms with Crippen molar-refractivity contribution in [2.45, 2.75) is 0 Å². The number of rotatable bonds is 5. The third-order valence-electron chi connectivity index (χ3n) is 2.95. The Kier molecular flexibility index (Phi) is 6.86. The SMILES string of the molecule is COc1ccc(OCCN2CCNCC2)cc1.Cl. The van der Waals surface area contributed by atoms with E-state index in [1.807, 2.05) is 24.3 Å². The van der Waals surface area contributed by atoms with Crippen molar-refractivity contribution < 1.29 is 9.47 Å². The highest BCUT2D eigenvalue weighted by Gasteiger charge is 2.08. The van der Waals surface area contributed by atoms with Crippen LogP contribution in [-0.2, 0) is 0 Å². The molecular formula is C13H21ClN2O2. The average molecular weight is 273 g/mol. The Bertz CT molecular complexity index is 326. The van der Waals surface area contributed by atoms with Crippen molar-refractivity contribution in [3.63, 3.8) is 0 Å². The van der Waals surface area contributed by atoms with Crippen LogP contribution in [0.15, 0.2) is 24.3 Å². The number of hydrogen-bond acceptors (Lipinski definition) is 4. The van der Waals surface area contributed by atoms with Gasteiger partial charge in [-0.05, 0) is 24.3 Å². The van der Waals surface area contributed by atoms with E-state index in [0.717, 1.165) is 50.8 Å². The average Bonchev–Trinajstić information content (AvgIpc) is 2.41. The number of ether oxygens (including phenoxy) is 2. The molecule has 1 aromatic rings. The van der Waals surface area contributed by atoms with E-state index in [-0.39, 0.29) is 12.4 Å². The van der Waals surface area contributed by atoms with Gasteiger partial charge in [0.15, 0.2) is 0 Å². The minimum absolute atomic E-state index is 0. The molecule has 0 spiro atoms. The molecule has 0 aliphatic carbocycles. The van der Waals surface area contributed by atoms with Crippen molar-refractivity contribution >= 4 is 12.4 Å². The lowest BCUT2D eigenvalue weighted by atomic mass is 10.3. The van der Waals surface area contributed by atoms with Gasteiger partial charge in [0, 0.05) is 32.7 Å². The first-order valence-corrected chi connectivity index (χ1v) is 6.08. The summed E-state index contributed by atoms with van der Waals surface area (Å²) in [7, 11) is 1.67. The van der Waals surface area contributed by atoms with E-state index >= 15 is 0 Å². The standard InChI is InChI=1S/C13H20N2O2.ClH/c1-16-12-2-4-13(5-3-12)17-11-10-15-8-6-14-7-9-15;/h2-5,14H,6-11H2,1H3;1H. The van der Waals surface area contributed by atoms with Crippen LogP contribution in [0, 0.1) is 0 Å². The largest absolute Gasteiger partial charge is 0.497 e. The van der Waals surface area contributed by atoms with Crippen LogP contribution in [-0.4, -0.2) is 51.3 Å². The first kappa shape index (κ1) is 15.1. The predicted octanol–water partition coefficient (Wildman–Crippen LogP) is 1.40. The monoisotopic (exact) mass is 272 g/mol. The highest BCUT2D eigenvalue weighted by atomic mass is 35.5. The lowest BCUT2D eigenvalue weighted by Crippen LogP contribution is -2.44. The van der Waals surface area contributed by atoms with Gasteiger partial charge >= 0.3 is 0 Å². The molecule has 0 saturated carbocycles. The number of halogens is 1. The van der Waals surface area contributed by atoms with Crippen LogP contribution >= 0.6 is 12.4 Å². The van der Waals surface area contributed by atoms with Gasteiger partial charge in [0.2, 0.25) is 0 Å². The maximum Gasteiger partial charge on any atom is 0.119 e. The van der Waals surface area contributed by atoms with Crippen LogP contribution in [0.2, 0.25) is 0 Å². The Morgan fingerprint density at radius 2 is 1.72 bits per heavy atom. The number of piperazine rings is 1. The molecular weight excluding hydrogens is 252 g/mol. The maximum atomic E-state index is 5.69. The van der Waals surface area contributed by atoms with E-state index < -0.39 is 0 Å². The van der Waals surface area contributed by atoms with Crippen molar-refractivity contribution in [1.29, 1.82) is 0 Å². The van der Waals surface area contributed by atoms with Gasteiger partial charge in [-0.15, -0.1) is 12.4 Å². The fourth-order valence-corrected chi connectivity index (χ4v) is 1.90. The van der Waals surface area contributed by atoms with Crippen molar-refractivity contribution in [2.75, 3.05) is 46.4 Å². The van der Waals surface area contributed by atoms with Crippen molar-refractivity contribution in [3.05, 3.63) is 24.3 Å². The fourth-order valence-electron chi connectivity index (χ4n) is 1.90. The molecule has 102 valence electrons. The van der Waals surface area contributed by atoms with Gasteiger partial charge < -0.3 is 14.8 Å². The second kappa shape index (κ2) is 8.19. The van der Waals surface area contributed by atoms with Crippen LogP contribution in [0.1, 0.15) is 0 Å². The van der Waals surface area contributed by atoms with Crippen molar-refractivity contribution in [2.24, 2.45) is 0 Å². The lowest BCUT2D eigenvalue weighted by Gasteiger charge is -2.26. The first-order chi connectivity index (χ1) is 8.38. The zero-order chi connectivity index (χ0) is 11.9. The van der Waals surface area contributed by atoms with Crippen LogP contribution < -0.4 is 14.8 Å². The van der Waals surface area contributed by atoms with Gasteiger partial charge in [0.25, 0.3) is 0 Å². The van der Waals surface area contributed by atoms with E-state index in [4.69, 9.17) is 9.47 Å². The number of nitrogens with one attached hydrogen (secondary N) is 1. The summed E-state index contributed by atoms with van der Waals surface area (Å²) in [4.78, 5) is 2.42. The molecule has 1 fully saturated rings. The van der Waals surface area contributed by atoms with Gasteiger partial charge in [-0.2, -0.15) is 0 Å². The summed E-state index contributed by atoms with van der Waals surface area (Å²) in [5.41, 5.74) is 0. The zero-order valence-corrected chi connectivity index (χ0v) is 11.5. The molecule has 0 amide bonds. The summed E-state index contributed by atoms with van der Waals surface area (Å²) in [6.45, 7) is 6.14. The molecule has 1 saturated heterocycles. The normalized spacial score (nSPS) is 15.8. The molecule has 1 heterocycles. The fraction of sp³-hybridized carbons (Fsp3) is 0.538. The Labute approximate surface area is 115 Å². The molecule has 0 atom stereocenters. The highest BCUT2D eigenvalue weighted by molar-refractivity contribution is 5.85. The van der Waals surface area contributed by atoms with Crippen LogP contribution in [0.4, 0.5) is 0 Å². The summed E-state index contributed by atoms with van der Waals surface area (Å²) in [5.74, 6) is 1.76. The smallest absolute Gasteiger partial charge is 0.119 e. The van der Waals surface area contributed by atoms with Crippen molar-refractivity contribution in [3.8, 4) is 11.5 Å². The van der Waals surface area contributed by atoms with Gasteiger partial charge in [-0.25, -0.2) is 0 Å². The minimum atomic E-state index is 0. The maximum absolute atomic E-state index is 5.69. The van der Waals surface area contributed by atoms with E-state index in [2.05, 4.69) is 10.2 Å². The zero-order valence-electron chi connectivity index (χ0n) is 10.7. The minimum Gasteiger partial charge on any atom is -0.497 e. The van der Waals surface area contributed by atoms with E-state index in [9.17, 15) is 0 Å². The molecule has 0 bridgehead atoms. The molecule has 1 aliphatic rings. The number of nitrogens with zero attached hydrogens (tertiary/aromatic N) is 1. The molecule has 0 radical (unpaired) electrons. The third-order valence-corrected chi connectivity index (χ3v) is 2.95. The third kappa shape index (κ3) is 4.72. The molecule has 2 rings (SSSR count). The Morgan fingerprint density at radius 3 is 2.33 bits per heavy atom. The van der Waals surface area contributed by atoms with Crippen LogP contribution in [0.5, 0.6) is 11.5 Å². The first-order valence-electron chi connectivity index (χ1n) is 6.08.